The molecule has 0 bridgehead atoms. The zero-order valence-electron chi connectivity index (χ0n) is 10.5. The van der Waals surface area contributed by atoms with Crippen molar-refractivity contribution >= 4 is 11.6 Å². The highest BCUT2D eigenvalue weighted by Gasteiger charge is 2.15. The monoisotopic (exact) mass is 259 g/mol. The van der Waals surface area contributed by atoms with Gasteiger partial charge in [-0.1, -0.05) is 11.6 Å². The topological polar surface area (TPSA) is 23.5 Å². The number of hydrogen-bond acceptors (Lipinski definition) is 2. The molecule has 4 heteroatoms. The molecule has 17 heavy (non-hydrogen) atoms. The highest BCUT2D eigenvalue weighted by atomic mass is 35.5. The molecule has 1 N–H and O–H groups in total. The van der Waals surface area contributed by atoms with Gasteiger partial charge in [0.2, 0.25) is 0 Å². The number of benzene rings is 1. The molecule has 0 saturated heterocycles. The number of aliphatic hydroxyl groups is 1. The van der Waals surface area contributed by atoms with Gasteiger partial charge in [0, 0.05) is 18.1 Å². The van der Waals surface area contributed by atoms with Crippen LogP contribution in [0.25, 0.3) is 0 Å². The zero-order valence-corrected chi connectivity index (χ0v) is 11.3. The average molecular weight is 260 g/mol. The molecule has 0 saturated carbocycles. The van der Waals surface area contributed by atoms with Gasteiger partial charge >= 0.3 is 0 Å². The van der Waals surface area contributed by atoms with Gasteiger partial charge in [0.1, 0.15) is 5.82 Å². The fourth-order valence-electron chi connectivity index (χ4n) is 1.79. The summed E-state index contributed by atoms with van der Waals surface area (Å²) < 4.78 is 13.4. The SMILES string of the molecule is CN(CCc1cc(Cl)ccc1F)CC(C)(C)O. The van der Waals surface area contributed by atoms with Crippen molar-refractivity contribution in [1.29, 1.82) is 0 Å². The van der Waals surface area contributed by atoms with Gasteiger partial charge in [0.15, 0.2) is 0 Å². The molecular formula is C13H19ClFNO. The summed E-state index contributed by atoms with van der Waals surface area (Å²) in [4.78, 5) is 1.97. The molecule has 1 aromatic carbocycles. The summed E-state index contributed by atoms with van der Waals surface area (Å²) in [6.45, 7) is 4.74. The Bertz CT molecular complexity index is 376. The van der Waals surface area contributed by atoms with Gasteiger partial charge in [-0.25, -0.2) is 4.39 Å². The Labute approximate surface area is 107 Å². The van der Waals surface area contributed by atoms with Crippen molar-refractivity contribution in [2.45, 2.75) is 25.9 Å². The second kappa shape index (κ2) is 5.80. The molecule has 0 unspecified atom stereocenters. The first-order chi connectivity index (χ1) is 7.78. The fourth-order valence-corrected chi connectivity index (χ4v) is 1.98. The minimum atomic E-state index is -0.734. The molecule has 0 radical (unpaired) electrons. The van der Waals surface area contributed by atoms with Crippen LogP contribution in [0.5, 0.6) is 0 Å². The van der Waals surface area contributed by atoms with E-state index in [0.29, 0.717) is 30.1 Å². The fraction of sp³-hybridized carbons (Fsp3) is 0.538. The number of rotatable bonds is 5. The van der Waals surface area contributed by atoms with Gasteiger partial charge < -0.3 is 10.0 Å². The molecule has 0 amide bonds. The highest BCUT2D eigenvalue weighted by molar-refractivity contribution is 6.30. The molecule has 0 aliphatic carbocycles. The lowest BCUT2D eigenvalue weighted by Gasteiger charge is -2.25. The van der Waals surface area contributed by atoms with Crippen LogP contribution in [-0.4, -0.2) is 35.7 Å². The third kappa shape index (κ3) is 5.48. The molecule has 0 aliphatic heterocycles. The maximum Gasteiger partial charge on any atom is 0.126 e. The van der Waals surface area contributed by atoms with Crippen LogP contribution in [0.1, 0.15) is 19.4 Å². The molecular weight excluding hydrogens is 241 g/mol. The Kier molecular flexibility index (Phi) is 4.92. The summed E-state index contributed by atoms with van der Waals surface area (Å²) in [6, 6.07) is 4.57. The maximum atomic E-state index is 13.4. The van der Waals surface area contributed by atoms with Crippen molar-refractivity contribution < 1.29 is 9.50 Å². The van der Waals surface area contributed by atoms with E-state index in [1.165, 1.54) is 6.07 Å². The van der Waals surface area contributed by atoms with E-state index in [-0.39, 0.29) is 5.82 Å². The quantitative estimate of drug-likeness (QED) is 0.879. The Morgan fingerprint density at radius 1 is 1.41 bits per heavy atom. The first-order valence-electron chi connectivity index (χ1n) is 5.63. The normalized spacial score (nSPS) is 12.2. The minimum absolute atomic E-state index is 0.231. The summed E-state index contributed by atoms with van der Waals surface area (Å²) in [7, 11) is 1.90. The van der Waals surface area contributed by atoms with Gasteiger partial charge in [-0.2, -0.15) is 0 Å². The number of likely N-dealkylation sites (N-methyl/N-ethyl adjacent to an activating group) is 1. The van der Waals surface area contributed by atoms with Crippen molar-refractivity contribution in [3.63, 3.8) is 0 Å². The van der Waals surface area contributed by atoms with E-state index in [9.17, 15) is 9.50 Å². The van der Waals surface area contributed by atoms with Gasteiger partial charge in [0.25, 0.3) is 0 Å². The second-order valence-corrected chi connectivity index (χ2v) is 5.47. The first kappa shape index (κ1) is 14.4. The third-order valence-electron chi connectivity index (χ3n) is 2.43. The average Bonchev–Trinajstić information content (AvgIpc) is 2.17. The molecule has 0 atom stereocenters. The summed E-state index contributed by atoms with van der Waals surface area (Å²) in [5, 5.41) is 10.2. The van der Waals surface area contributed by atoms with Crippen LogP contribution in [-0.2, 0) is 6.42 Å². The summed E-state index contributed by atoms with van der Waals surface area (Å²) >= 11 is 5.82. The third-order valence-corrected chi connectivity index (χ3v) is 2.66. The largest absolute Gasteiger partial charge is 0.389 e. The predicted molar refractivity (Wildman–Crippen MR) is 68.9 cm³/mol. The molecule has 0 spiro atoms. The van der Waals surface area contributed by atoms with Crippen LogP contribution in [0, 0.1) is 5.82 Å². The number of hydrogen-bond donors (Lipinski definition) is 1. The maximum absolute atomic E-state index is 13.4. The van der Waals surface area contributed by atoms with E-state index in [4.69, 9.17) is 11.6 Å². The van der Waals surface area contributed by atoms with Crippen LogP contribution in [0.3, 0.4) is 0 Å². The molecule has 0 aliphatic rings. The Hall–Kier alpha value is -0.640. The molecule has 0 aromatic heterocycles. The summed E-state index contributed by atoms with van der Waals surface area (Å²) in [6.07, 6.45) is 0.582. The smallest absolute Gasteiger partial charge is 0.126 e. The Morgan fingerprint density at radius 3 is 2.65 bits per heavy atom. The van der Waals surface area contributed by atoms with Gasteiger partial charge in [-0.15, -0.1) is 0 Å². The molecule has 96 valence electrons. The lowest BCUT2D eigenvalue weighted by Crippen LogP contribution is -2.37. The summed E-state index contributed by atoms with van der Waals surface area (Å²) in [5.74, 6) is -0.231. The number of nitrogens with zero attached hydrogens (tertiary/aromatic N) is 1. The van der Waals surface area contributed by atoms with E-state index in [2.05, 4.69) is 0 Å². The lowest BCUT2D eigenvalue weighted by molar-refractivity contribution is 0.0449. The van der Waals surface area contributed by atoms with Gasteiger partial charge in [-0.3, -0.25) is 0 Å². The number of halogens is 2. The van der Waals surface area contributed by atoms with Gasteiger partial charge in [0.05, 0.1) is 5.60 Å². The van der Waals surface area contributed by atoms with Crippen LogP contribution in [0.2, 0.25) is 5.02 Å². The summed E-state index contributed by atoms with van der Waals surface area (Å²) in [5.41, 5.74) is -0.123. The molecule has 1 rings (SSSR count). The van der Waals surface area contributed by atoms with Crippen molar-refractivity contribution in [2.24, 2.45) is 0 Å². The molecule has 0 heterocycles. The highest BCUT2D eigenvalue weighted by Crippen LogP contribution is 2.15. The molecule has 0 fully saturated rings. The molecule has 1 aromatic rings. The van der Waals surface area contributed by atoms with E-state index in [1.807, 2.05) is 11.9 Å². The second-order valence-electron chi connectivity index (χ2n) is 5.04. The predicted octanol–water partition coefficient (Wildman–Crippen LogP) is 2.72. The Balaban J connectivity index is 2.53. The van der Waals surface area contributed by atoms with Crippen molar-refractivity contribution in [3.05, 3.63) is 34.6 Å². The van der Waals surface area contributed by atoms with E-state index in [1.54, 1.807) is 26.0 Å². The van der Waals surface area contributed by atoms with E-state index >= 15 is 0 Å². The minimum Gasteiger partial charge on any atom is -0.389 e. The van der Waals surface area contributed by atoms with E-state index in [0.717, 1.165) is 0 Å². The first-order valence-corrected chi connectivity index (χ1v) is 6.00. The lowest BCUT2D eigenvalue weighted by atomic mass is 10.1. The van der Waals surface area contributed by atoms with Crippen LogP contribution in [0.15, 0.2) is 18.2 Å². The van der Waals surface area contributed by atoms with Crippen LogP contribution >= 0.6 is 11.6 Å². The van der Waals surface area contributed by atoms with Crippen molar-refractivity contribution in [3.8, 4) is 0 Å². The van der Waals surface area contributed by atoms with Crippen molar-refractivity contribution in [1.82, 2.24) is 4.90 Å². The van der Waals surface area contributed by atoms with Crippen LogP contribution in [0.4, 0.5) is 4.39 Å². The van der Waals surface area contributed by atoms with Crippen molar-refractivity contribution in [2.75, 3.05) is 20.1 Å². The van der Waals surface area contributed by atoms with E-state index < -0.39 is 5.60 Å². The van der Waals surface area contributed by atoms with Gasteiger partial charge in [-0.05, 0) is 51.1 Å². The standard InChI is InChI=1S/C13H19ClFNO/c1-13(2,17)9-16(3)7-6-10-8-11(14)4-5-12(10)15/h4-5,8,17H,6-7,9H2,1-3H3. The zero-order chi connectivity index (χ0) is 13.1. The Morgan fingerprint density at radius 2 is 2.06 bits per heavy atom. The molecule has 2 nitrogen and oxygen atoms in total. The van der Waals surface area contributed by atoms with Crippen LogP contribution < -0.4 is 0 Å².